The summed E-state index contributed by atoms with van der Waals surface area (Å²) >= 11 is 1.52. The zero-order valence-corrected chi connectivity index (χ0v) is 11.3. The number of carboxylic acid groups (broad SMARTS) is 1. The Morgan fingerprint density at radius 3 is 3.00 bits per heavy atom. The number of thiophene rings is 1. The normalized spacial score (nSPS) is 10.6. The second-order valence-corrected chi connectivity index (χ2v) is 5.17. The van der Waals surface area contributed by atoms with Gasteiger partial charge in [0.05, 0.1) is 11.8 Å². The molecule has 0 amide bonds. The highest BCUT2D eigenvalue weighted by atomic mass is 32.1. The predicted molar refractivity (Wildman–Crippen MR) is 77.4 cm³/mol. The number of carboxylic acids is 1. The maximum atomic E-state index is 10.9. The molecular formula is C15H11NO3S. The highest BCUT2D eigenvalue weighted by molar-refractivity contribution is 7.17. The summed E-state index contributed by atoms with van der Waals surface area (Å²) in [6.45, 7) is 0.443. The molecule has 0 saturated carbocycles. The van der Waals surface area contributed by atoms with Crippen molar-refractivity contribution in [3.63, 3.8) is 0 Å². The van der Waals surface area contributed by atoms with E-state index in [1.165, 1.54) is 11.3 Å². The molecule has 0 aliphatic carbocycles. The zero-order chi connectivity index (χ0) is 13.9. The summed E-state index contributed by atoms with van der Waals surface area (Å²) in [6.07, 6.45) is 3.36. The van der Waals surface area contributed by atoms with Crippen LogP contribution in [0.1, 0.15) is 15.9 Å². The molecule has 0 fully saturated rings. The van der Waals surface area contributed by atoms with Gasteiger partial charge in [0.2, 0.25) is 0 Å². The lowest BCUT2D eigenvalue weighted by molar-refractivity contribution is 0.0697. The van der Waals surface area contributed by atoms with Crippen LogP contribution in [0.2, 0.25) is 0 Å². The Kier molecular flexibility index (Phi) is 3.35. The van der Waals surface area contributed by atoms with Gasteiger partial charge in [-0.25, -0.2) is 4.79 Å². The van der Waals surface area contributed by atoms with Crippen LogP contribution in [0.15, 0.2) is 48.1 Å². The third-order valence-corrected chi connectivity index (χ3v) is 3.93. The molecule has 3 rings (SSSR count). The van der Waals surface area contributed by atoms with Crippen LogP contribution in [-0.4, -0.2) is 16.1 Å². The Labute approximate surface area is 119 Å². The molecule has 2 heterocycles. The number of aromatic nitrogens is 1. The number of rotatable bonds is 4. The highest BCUT2D eigenvalue weighted by Crippen LogP contribution is 2.28. The smallest absolute Gasteiger partial charge is 0.335 e. The van der Waals surface area contributed by atoms with Crippen molar-refractivity contribution >= 4 is 27.4 Å². The molecule has 0 atom stereocenters. The van der Waals surface area contributed by atoms with Crippen molar-refractivity contribution in [1.82, 2.24) is 4.98 Å². The monoisotopic (exact) mass is 285 g/mol. The van der Waals surface area contributed by atoms with Gasteiger partial charge in [-0.1, -0.05) is 6.07 Å². The third-order valence-electron chi connectivity index (χ3n) is 2.93. The van der Waals surface area contributed by atoms with Gasteiger partial charge in [0, 0.05) is 16.5 Å². The maximum absolute atomic E-state index is 10.9. The summed E-state index contributed by atoms with van der Waals surface area (Å²) in [7, 11) is 0. The number of nitrogens with zero attached hydrogens (tertiary/aromatic N) is 1. The molecular weight excluding hydrogens is 274 g/mol. The molecule has 1 aromatic carbocycles. The van der Waals surface area contributed by atoms with E-state index in [0.717, 1.165) is 15.6 Å². The molecule has 0 aliphatic rings. The van der Waals surface area contributed by atoms with Gasteiger partial charge in [-0.05, 0) is 35.0 Å². The summed E-state index contributed by atoms with van der Waals surface area (Å²) < 4.78 is 6.62. The van der Waals surface area contributed by atoms with Crippen LogP contribution in [0.25, 0.3) is 10.1 Å². The summed E-state index contributed by atoms with van der Waals surface area (Å²) in [6, 6.07) is 8.81. The van der Waals surface area contributed by atoms with Crippen molar-refractivity contribution in [2.24, 2.45) is 0 Å². The predicted octanol–water partition coefficient (Wildman–Crippen LogP) is 3.57. The van der Waals surface area contributed by atoms with Crippen molar-refractivity contribution in [3.8, 4) is 5.75 Å². The zero-order valence-electron chi connectivity index (χ0n) is 10.4. The average molecular weight is 285 g/mol. The second kappa shape index (κ2) is 5.30. The van der Waals surface area contributed by atoms with Crippen molar-refractivity contribution in [1.29, 1.82) is 0 Å². The fourth-order valence-electron chi connectivity index (χ4n) is 1.92. The minimum Gasteiger partial charge on any atom is -0.487 e. The number of aromatic carboxylic acids is 1. The Morgan fingerprint density at radius 2 is 2.25 bits per heavy atom. The first-order valence-electron chi connectivity index (χ1n) is 6.00. The fourth-order valence-corrected chi connectivity index (χ4v) is 2.91. The van der Waals surface area contributed by atoms with Crippen molar-refractivity contribution in [2.45, 2.75) is 6.61 Å². The molecule has 100 valence electrons. The lowest BCUT2D eigenvalue weighted by Gasteiger charge is -2.04. The van der Waals surface area contributed by atoms with Crippen LogP contribution in [0.5, 0.6) is 5.75 Å². The fraction of sp³-hybridized carbons (Fsp3) is 0.0667. The van der Waals surface area contributed by atoms with E-state index in [0.29, 0.717) is 17.9 Å². The lowest BCUT2D eigenvalue weighted by atomic mass is 10.1. The van der Waals surface area contributed by atoms with Crippen LogP contribution in [0.3, 0.4) is 0 Å². The summed E-state index contributed by atoms with van der Waals surface area (Å²) in [5.74, 6) is -0.192. The topological polar surface area (TPSA) is 59.4 Å². The summed E-state index contributed by atoms with van der Waals surface area (Å²) in [4.78, 5) is 14.9. The van der Waals surface area contributed by atoms with E-state index in [2.05, 4.69) is 4.98 Å². The van der Waals surface area contributed by atoms with Gasteiger partial charge in [0.25, 0.3) is 0 Å². The molecule has 0 radical (unpaired) electrons. The Balaban J connectivity index is 1.84. The highest BCUT2D eigenvalue weighted by Gasteiger charge is 2.08. The molecule has 4 nitrogen and oxygen atoms in total. The van der Waals surface area contributed by atoms with Crippen LogP contribution >= 0.6 is 11.3 Å². The van der Waals surface area contributed by atoms with Gasteiger partial charge in [0.15, 0.2) is 0 Å². The number of hydrogen-bond acceptors (Lipinski definition) is 4. The largest absolute Gasteiger partial charge is 0.487 e. The molecule has 5 heteroatoms. The molecule has 0 saturated heterocycles. The number of hydrogen-bond donors (Lipinski definition) is 1. The molecule has 20 heavy (non-hydrogen) atoms. The first-order valence-corrected chi connectivity index (χ1v) is 6.88. The van der Waals surface area contributed by atoms with Crippen molar-refractivity contribution in [2.75, 3.05) is 0 Å². The van der Waals surface area contributed by atoms with Crippen LogP contribution in [0.4, 0.5) is 0 Å². The van der Waals surface area contributed by atoms with Crippen molar-refractivity contribution < 1.29 is 14.6 Å². The number of pyridine rings is 1. The molecule has 0 bridgehead atoms. The third kappa shape index (κ3) is 2.48. The minimum absolute atomic E-state index is 0.305. The van der Waals surface area contributed by atoms with Crippen molar-refractivity contribution in [3.05, 3.63) is 59.2 Å². The van der Waals surface area contributed by atoms with E-state index in [1.54, 1.807) is 24.5 Å². The first-order chi connectivity index (χ1) is 9.74. The summed E-state index contributed by atoms with van der Waals surface area (Å²) in [5.41, 5.74) is 1.35. The van der Waals surface area contributed by atoms with Crippen LogP contribution in [0, 0.1) is 0 Å². The van der Waals surface area contributed by atoms with Gasteiger partial charge < -0.3 is 9.84 Å². The number of carbonyl (C=O) groups is 1. The van der Waals surface area contributed by atoms with Gasteiger partial charge in [-0.3, -0.25) is 4.98 Å². The van der Waals surface area contributed by atoms with E-state index < -0.39 is 5.97 Å². The van der Waals surface area contributed by atoms with E-state index in [1.807, 2.05) is 23.6 Å². The molecule has 1 N–H and O–H groups in total. The number of ether oxygens (including phenoxy) is 1. The molecule has 0 unspecified atom stereocenters. The molecule has 0 spiro atoms. The Bertz CT molecular complexity index is 752. The van der Waals surface area contributed by atoms with Gasteiger partial charge >= 0.3 is 5.97 Å². The second-order valence-electron chi connectivity index (χ2n) is 4.25. The van der Waals surface area contributed by atoms with E-state index in [4.69, 9.17) is 9.84 Å². The standard InChI is InChI=1S/C15H11NO3S/c17-15(18)10-3-4-13-11(9-20-14(13)6-10)8-19-12-2-1-5-16-7-12/h1-7,9H,8H2,(H,17,18). The maximum Gasteiger partial charge on any atom is 0.335 e. The van der Waals surface area contributed by atoms with Crippen LogP contribution in [-0.2, 0) is 6.61 Å². The number of benzene rings is 1. The number of fused-ring (bicyclic) bond motifs is 1. The quantitative estimate of drug-likeness (QED) is 0.796. The average Bonchev–Trinajstić information content (AvgIpc) is 2.88. The minimum atomic E-state index is -0.909. The van der Waals surface area contributed by atoms with Crippen LogP contribution < -0.4 is 4.74 Å². The Morgan fingerprint density at radius 1 is 1.35 bits per heavy atom. The molecule has 3 aromatic rings. The van der Waals surface area contributed by atoms with E-state index in [-0.39, 0.29) is 0 Å². The van der Waals surface area contributed by atoms with E-state index in [9.17, 15) is 4.79 Å². The lowest BCUT2D eigenvalue weighted by Crippen LogP contribution is -1.96. The Hall–Kier alpha value is -2.40. The SMILES string of the molecule is O=C(O)c1ccc2c(COc3cccnc3)csc2c1. The van der Waals surface area contributed by atoms with Gasteiger partial charge in [-0.15, -0.1) is 11.3 Å². The summed E-state index contributed by atoms with van der Waals surface area (Å²) in [5, 5.41) is 12.0. The molecule has 0 aliphatic heterocycles. The first kappa shape index (κ1) is 12.6. The van der Waals surface area contributed by atoms with Gasteiger partial charge in [0.1, 0.15) is 12.4 Å². The molecule has 2 aromatic heterocycles. The van der Waals surface area contributed by atoms with Gasteiger partial charge in [-0.2, -0.15) is 0 Å². The van der Waals surface area contributed by atoms with E-state index >= 15 is 0 Å².